The summed E-state index contributed by atoms with van der Waals surface area (Å²) in [5.41, 5.74) is 2.25. The van der Waals surface area contributed by atoms with Crippen molar-refractivity contribution in [3.8, 4) is 0 Å². The van der Waals surface area contributed by atoms with Crippen molar-refractivity contribution >= 4 is 58.8 Å². The lowest BCUT2D eigenvalue weighted by Gasteiger charge is -2.65. The highest BCUT2D eigenvalue weighted by atomic mass is 16.6. The molecule has 3 saturated carbocycles. The highest BCUT2D eigenvalue weighted by Crippen LogP contribution is 2.75. The van der Waals surface area contributed by atoms with E-state index in [1.807, 2.05) is 0 Å². The van der Waals surface area contributed by atoms with Crippen molar-refractivity contribution < 1.29 is 14.3 Å². The number of carbonyl (C=O) groups excluding carboxylic acids is 2. The first kappa shape index (κ1) is 25.4. The lowest BCUT2D eigenvalue weighted by Crippen LogP contribution is -2.58. The number of Topliss-reactive ketones (excluding diaryl/α,β-unsaturated/α-hetero) is 1. The van der Waals surface area contributed by atoms with E-state index in [0.29, 0.717) is 30.0 Å². The van der Waals surface area contributed by atoms with E-state index >= 15 is 0 Å². The molecule has 4 rings (SSSR count). The van der Waals surface area contributed by atoms with Crippen molar-refractivity contribution in [1.82, 2.24) is 0 Å². The Bertz CT molecular complexity index is 901. The average Bonchev–Trinajstić information content (AvgIpc) is 2.98. The molecule has 33 heavy (non-hydrogen) atoms. The molecule has 3 nitrogen and oxygen atoms in total. The first-order chi connectivity index (χ1) is 15.2. The highest BCUT2D eigenvalue weighted by Gasteiger charge is 2.67. The molecule has 0 bridgehead atoms. The molecule has 0 saturated heterocycles. The minimum atomic E-state index is -0.345. The molecule has 3 fully saturated rings. The van der Waals surface area contributed by atoms with Gasteiger partial charge in [0, 0.05) is 11.8 Å². The number of ketones is 1. The van der Waals surface area contributed by atoms with E-state index in [9.17, 15) is 9.59 Å². The number of fused-ring (bicyclic) bond motifs is 5. The van der Waals surface area contributed by atoms with Gasteiger partial charge >= 0.3 is 5.97 Å². The van der Waals surface area contributed by atoms with Crippen LogP contribution in [-0.4, -0.2) is 64.4 Å². The SMILES string of the molecule is BC1=C2C(B)(B)CC3C(CC[C@@]4(CC)C3CC[C@]4(C)OC(=O)CCC)C2(B)CC(B)(B)C1=O. The molecule has 6 atom stereocenters. The van der Waals surface area contributed by atoms with Crippen LogP contribution in [0.25, 0.3) is 0 Å². The van der Waals surface area contributed by atoms with Gasteiger partial charge in [0.25, 0.3) is 0 Å². The van der Waals surface area contributed by atoms with Crippen LogP contribution in [0.5, 0.6) is 0 Å². The van der Waals surface area contributed by atoms with E-state index in [-0.39, 0.29) is 32.7 Å². The Morgan fingerprint density at radius 3 is 2.27 bits per heavy atom. The second kappa shape index (κ2) is 7.89. The number of hydrogen-bond donors (Lipinski definition) is 0. The number of hydrogen-bond acceptors (Lipinski definition) is 3. The second-order valence-corrected chi connectivity index (χ2v) is 13.8. The topological polar surface area (TPSA) is 43.4 Å². The van der Waals surface area contributed by atoms with Gasteiger partial charge in [0.2, 0.25) is 0 Å². The molecule has 4 unspecified atom stereocenters. The third-order valence-corrected chi connectivity index (χ3v) is 11.0. The normalized spacial score (nSPS) is 43.4. The van der Waals surface area contributed by atoms with Gasteiger partial charge in [-0.15, -0.1) is 0 Å². The smallest absolute Gasteiger partial charge is 0.306 e. The van der Waals surface area contributed by atoms with Crippen LogP contribution >= 0.6 is 0 Å². The number of carbonyl (C=O) groups is 2. The van der Waals surface area contributed by atoms with Crippen LogP contribution < -0.4 is 0 Å². The standard InChI is InChI=1S/C24H42B6O3/c1-4-6-16(31)33-20(3)9-7-14-13-11-23(27,28)18-17(25)19(32)24(29,30)12-22(18,26)15(13)8-10-21(14,20)5-2/h13-15H,4-12,25-30H2,1-3H3/t13?,14?,15?,20-,21-,22?/m0/s1. The fourth-order valence-electron chi connectivity index (χ4n) is 10.3. The Labute approximate surface area is 207 Å². The first-order valence-electron chi connectivity index (χ1n) is 13.7. The minimum absolute atomic E-state index is 0.0140. The van der Waals surface area contributed by atoms with Crippen LogP contribution in [-0.2, 0) is 14.3 Å². The summed E-state index contributed by atoms with van der Waals surface area (Å²) >= 11 is 0. The van der Waals surface area contributed by atoms with Crippen molar-refractivity contribution in [3.05, 3.63) is 11.0 Å². The van der Waals surface area contributed by atoms with Crippen LogP contribution in [0.15, 0.2) is 11.0 Å². The lowest BCUT2D eigenvalue weighted by molar-refractivity contribution is -0.182. The molecule has 0 radical (unpaired) electrons. The number of ether oxygens (including phenoxy) is 1. The van der Waals surface area contributed by atoms with Crippen molar-refractivity contribution in [2.45, 2.75) is 99.9 Å². The van der Waals surface area contributed by atoms with Crippen LogP contribution in [0.4, 0.5) is 0 Å². The van der Waals surface area contributed by atoms with Gasteiger partial charge in [-0.3, -0.25) is 9.59 Å². The quantitative estimate of drug-likeness (QED) is 0.445. The summed E-state index contributed by atoms with van der Waals surface area (Å²) in [6, 6.07) is 0. The molecule has 0 heterocycles. The highest BCUT2D eigenvalue weighted by molar-refractivity contribution is 6.59. The summed E-state index contributed by atoms with van der Waals surface area (Å²) in [7, 11) is 13.7. The van der Waals surface area contributed by atoms with E-state index in [1.165, 1.54) is 12.0 Å². The molecule has 0 aromatic carbocycles. The Morgan fingerprint density at radius 1 is 1.03 bits per heavy atom. The van der Waals surface area contributed by atoms with E-state index in [1.54, 1.807) is 0 Å². The van der Waals surface area contributed by atoms with Crippen molar-refractivity contribution in [2.24, 2.45) is 23.2 Å². The largest absolute Gasteiger partial charge is 0.459 e. The Hall–Kier alpha value is -0.730. The van der Waals surface area contributed by atoms with Crippen LogP contribution in [0.3, 0.4) is 0 Å². The van der Waals surface area contributed by atoms with Gasteiger partial charge in [0.05, 0.1) is 0 Å². The molecule has 0 aromatic heterocycles. The maximum Gasteiger partial charge on any atom is 0.306 e. The van der Waals surface area contributed by atoms with Crippen molar-refractivity contribution in [2.75, 3.05) is 0 Å². The Morgan fingerprint density at radius 2 is 1.67 bits per heavy atom. The average molecular weight is 443 g/mol. The van der Waals surface area contributed by atoms with Gasteiger partial charge in [-0.2, -0.15) is 0 Å². The fourth-order valence-corrected chi connectivity index (χ4v) is 10.3. The molecule has 4 aliphatic rings. The van der Waals surface area contributed by atoms with Crippen molar-refractivity contribution in [3.63, 3.8) is 0 Å². The van der Waals surface area contributed by atoms with E-state index in [2.05, 4.69) is 67.8 Å². The van der Waals surface area contributed by atoms with Gasteiger partial charge in [-0.05, 0) is 79.2 Å². The van der Waals surface area contributed by atoms with E-state index < -0.39 is 0 Å². The summed E-state index contributed by atoms with van der Waals surface area (Å²) in [4.78, 5) is 25.9. The van der Waals surface area contributed by atoms with Crippen LogP contribution in [0.2, 0.25) is 15.7 Å². The predicted octanol–water partition coefficient (Wildman–Crippen LogP) is -0.259. The third-order valence-electron chi connectivity index (χ3n) is 11.0. The van der Waals surface area contributed by atoms with Gasteiger partial charge in [-0.25, -0.2) is 0 Å². The molecule has 0 aliphatic heterocycles. The zero-order valence-corrected chi connectivity index (χ0v) is 22.8. The predicted molar refractivity (Wildman–Crippen MR) is 152 cm³/mol. The van der Waals surface area contributed by atoms with Gasteiger partial charge < -0.3 is 4.74 Å². The van der Waals surface area contributed by atoms with E-state index in [0.717, 1.165) is 50.4 Å². The maximum absolute atomic E-state index is 13.3. The summed E-state index contributed by atoms with van der Waals surface area (Å²) in [5, 5.41) is -0.188. The van der Waals surface area contributed by atoms with Gasteiger partial charge in [-0.1, -0.05) is 37.5 Å². The molecular weight excluding hydrogens is 401 g/mol. The molecule has 174 valence electrons. The summed E-state index contributed by atoms with van der Waals surface area (Å²) in [5.74, 6) is 2.18. The minimum Gasteiger partial charge on any atom is -0.459 e. The molecule has 0 amide bonds. The zero-order valence-electron chi connectivity index (χ0n) is 22.8. The maximum atomic E-state index is 13.3. The lowest BCUT2D eigenvalue weighted by atomic mass is 9.25. The van der Waals surface area contributed by atoms with Crippen LogP contribution in [0.1, 0.15) is 78.6 Å². The molecular formula is C24H42B6O3. The van der Waals surface area contributed by atoms with E-state index in [4.69, 9.17) is 4.74 Å². The molecule has 9 heteroatoms. The number of esters is 1. The fraction of sp³-hybridized carbons (Fsp3) is 0.833. The molecule has 4 aliphatic carbocycles. The third kappa shape index (κ3) is 3.44. The number of allylic oxidation sites excluding steroid dienone is 1. The zero-order chi connectivity index (χ0) is 24.6. The second-order valence-electron chi connectivity index (χ2n) is 13.8. The number of rotatable bonds is 4. The van der Waals surface area contributed by atoms with Crippen molar-refractivity contribution in [1.29, 1.82) is 0 Å². The summed E-state index contributed by atoms with van der Waals surface area (Å²) in [6.07, 6.45) is 9.05. The van der Waals surface area contributed by atoms with Gasteiger partial charge in [0.15, 0.2) is 0 Å². The molecule has 0 spiro atoms. The van der Waals surface area contributed by atoms with Crippen LogP contribution in [0, 0.1) is 23.2 Å². The summed E-state index contributed by atoms with van der Waals surface area (Å²) in [6.45, 7) is 6.63. The Kier molecular flexibility index (Phi) is 6.06. The van der Waals surface area contributed by atoms with Gasteiger partial charge in [0.1, 0.15) is 58.5 Å². The Balaban J connectivity index is 1.77. The summed E-state index contributed by atoms with van der Waals surface area (Å²) < 4.78 is 6.34. The monoisotopic (exact) mass is 444 g/mol. The first-order valence-corrected chi connectivity index (χ1v) is 13.7. The molecule has 0 aromatic rings. The molecule has 0 N–H and O–H groups in total.